The highest BCUT2D eigenvalue weighted by molar-refractivity contribution is 5.67. The molecule has 124 valence electrons. The molecule has 0 aromatic rings. The van der Waals surface area contributed by atoms with E-state index < -0.39 is 5.60 Å². The van der Waals surface area contributed by atoms with Crippen molar-refractivity contribution < 1.29 is 9.53 Å². The largest absolute Gasteiger partial charge is 0.444 e. The highest BCUT2D eigenvalue weighted by Crippen LogP contribution is 2.32. The molecule has 1 aliphatic rings. The number of carbonyl (C=O) groups is 1. The van der Waals surface area contributed by atoms with Gasteiger partial charge in [-0.3, -0.25) is 0 Å². The van der Waals surface area contributed by atoms with Crippen molar-refractivity contribution >= 4 is 6.09 Å². The first kappa shape index (κ1) is 18.3. The molecule has 0 radical (unpaired) electrons. The summed E-state index contributed by atoms with van der Waals surface area (Å²) in [6.45, 7) is 15.4. The zero-order chi connectivity index (χ0) is 16.1. The van der Waals surface area contributed by atoms with Crippen LogP contribution in [-0.2, 0) is 4.74 Å². The minimum absolute atomic E-state index is 0.283. The van der Waals surface area contributed by atoms with Crippen molar-refractivity contribution in [3.05, 3.63) is 0 Å². The molecule has 1 aliphatic heterocycles. The van der Waals surface area contributed by atoms with Gasteiger partial charge in [0.2, 0.25) is 0 Å². The van der Waals surface area contributed by atoms with Gasteiger partial charge in [-0.1, -0.05) is 20.8 Å². The summed E-state index contributed by atoms with van der Waals surface area (Å²) in [6.07, 6.45) is 3.25. The molecule has 0 unspecified atom stereocenters. The number of hydrogen-bond donors (Lipinski definition) is 2. The minimum atomic E-state index is -0.432. The van der Waals surface area contributed by atoms with Gasteiger partial charge in [-0.05, 0) is 70.4 Å². The van der Waals surface area contributed by atoms with Crippen LogP contribution in [0.2, 0.25) is 0 Å². The topological polar surface area (TPSA) is 50.4 Å². The van der Waals surface area contributed by atoms with Crippen LogP contribution in [0.5, 0.6) is 0 Å². The lowest BCUT2D eigenvalue weighted by Crippen LogP contribution is -2.40. The van der Waals surface area contributed by atoms with Gasteiger partial charge in [0, 0.05) is 6.54 Å². The first-order valence-electron chi connectivity index (χ1n) is 8.24. The molecule has 0 bridgehead atoms. The Kier molecular flexibility index (Phi) is 6.51. The molecule has 0 saturated carbocycles. The second kappa shape index (κ2) is 7.48. The fraction of sp³-hybridized carbons (Fsp3) is 0.941. The SMILES string of the molecule is CC(C)(C)C[C@@H](CNC(=O)OC(C)(C)C)C1CCNCC1. The van der Waals surface area contributed by atoms with Gasteiger partial charge in [0.25, 0.3) is 0 Å². The lowest BCUT2D eigenvalue weighted by molar-refractivity contribution is 0.0501. The fourth-order valence-corrected chi connectivity index (χ4v) is 3.04. The number of amides is 1. The number of piperidine rings is 1. The predicted molar refractivity (Wildman–Crippen MR) is 87.4 cm³/mol. The van der Waals surface area contributed by atoms with Crippen LogP contribution in [0.1, 0.15) is 60.8 Å². The Morgan fingerprint density at radius 1 is 1.19 bits per heavy atom. The third-order valence-electron chi connectivity index (χ3n) is 3.83. The van der Waals surface area contributed by atoms with Gasteiger partial charge in [-0.15, -0.1) is 0 Å². The number of rotatable bonds is 4. The second-order valence-electron chi connectivity index (χ2n) is 8.50. The van der Waals surface area contributed by atoms with Crippen LogP contribution in [0.25, 0.3) is 0 Å². The summed E-state index contributed by atoms with van der Waals surface area (Å²) in [5, 5.41) is 6.39. The van der Waals surface area contributed by atoms with E-state index in [1.165, 1.54) is 12.8 Å². The van der Waals surface area contributed by atoms with E-state index in [0.29, 0.717) is 11.8 Å². The van der Waals surface area contributed by atoms with Crippen molar-refractivity contribution in [1.29, 1.82) is 0 Å². The highest BCUT2D eigenvalue weighted by Gasteiger charge is 2.28. The van der Waals surface area contributed by atoms with E-state index in [-0.39, 0.29) is 11.5 Å². The summed E-state index contributed by atoms with van der Waals surface area (Å²) in [4.78, 5) is 11.9. The van der Waals surface area contributed by atoms with Crippen molar-refractivity contribution in [2.45, 2.75) is 66.4 Å². The maximum Gasteiger partial charge on any atom is 0.407 e. The van der Waals surface area contributed by atoms with E-state index in [1.807, 2.05) is 20.8 Å². The number of carbonyl (C=O) groups excluding carboxylic acids is 1. The maximum atomic E-state index is 11.9. The molecule has 1 heterocycles. The molecule has 1 rings (SSSR count). The van der Waals surface area contributed by atoms with Gasteiger partial charge in [-0.25, -0.2) is 4.79 Å². The number of alkyl carbamates (subject to hydrolysis) is 1. The van der Waals surface area contributed by atoms with Crippen molar-refractivity contribution in [3.63, 3.8) is 0 Å². The van der Waals surface area contributed by atoms with Crippen molar-refractivity contribution in [3.8, 4) is 0 Å². The molecule has 0 aromatic heterocycles. The third-order valence-corrected chi connectivity index (χ3v) is 3.83. The Bertz CT molecular complexity index is 323. The van der Waals surface area contributed by atoms with Gasteiger partial charge < -0.3 is 15.4 Å². The summed E-state index contributed by atoms with van der Waals surface area (Å²) in [6, 6.07) is 0. The lowest BCUT2D eigenvalue weighted by Gasteiger charge is -2.35. The monoisotopic (exact) mass is 298 g/mol. The molecule has 1 fully saturated rings. The summed E-state index contributed by atoms with van der Waals surface area (Å²) in [5.74, 6) is 1.22. The molecule has 0 aromatic carbocycles. The molecular formula is C17H34N2O2. The van der Waals surface area contributed by atoms with E-state index >= 15 is 0 Å². The van der Waals surface area contributed by atoms with Gasteiger partial charge in [-0.2, -0.15) is 0 Å². The van der Waals surface area contributed by atoms with E-state index in [0.717, 1.165) is 26.1 Å². The third kappa shape index (κ3) is 8.30. The second-order valence-corrected chi connectivity index (χ2v) is 8.50. The molecule has 4 nitrogen and oxygen atoms in total. The molecule has 0 aliphatic carbocycles. The van der Waals surface area contributed by atoms with Gasteiger partial charge in [0.05, 0.1) is 0 Å². The number of ether oxygens (including phenoxy) is 1. The Labute approximate surface area is 130 Å². The van der Waals surface area contributed by atoms with Crippen LogP contribution in [0.4, 0.5) is 4.79 Å². The number of hydrogen-bond acceptors (Lipinski definition) is 3. The summed E-state index contributed by atoms with van der Waals surface area (Å²) < 4.78 is 5.34. The number of nitrogens with one attached hydrogen (secondary N) is 2. The van der Waals surface area contributed by atoms with Crippen LogP contribution in [0.3, 0.4) is 0 Å². The first-order valence-corrected chi connectivity index (χ1v) is 8.24. The van der Waals surface area contributed by atoms with E-state index in [4.69, 9.17) is 4.74 Å². The van der Waals surface area contributed by atoms with Gasteiger partial charge in [0.1, 0.15) is 5.60 Å². The van der Waals surface area contributed by atoms with E-state index in [9.17, 15) is 4.79 Å². The molecular weight excluding hydrogens is 264 g/mol. The Balaban J connectivity index is 2.54. The standard InChI is InChI=1S/C17H34N2O2/c1-16(2,3)11-14(13-7-9-18-10-8-13)12-19-15(20)21-17(4,5)6/h13-14,18H,7-12H2,1-6H3,(H,19,20)/t14-/m0/s1. The van der Waals surface area contributed by atoms with Gasteiger partial charge >= 0.3 is 6.09 Å². The van der Waals surface area contributed by atoms with E-state index in [1.54, 1.807) is 0 Å². The van der Waals surface area contributed by atoms with E-state index in [2.05, 4.69) is 31.4 Å². The van der Waals surface area contributed by atoms with Crippen LogP contribution < -0.4 is 10.6 Å². The zero-order valence-corrected chi connectivity index (χ0v) is 14.7. The minimum Gasteiger partial charge on any atom is -0.444 e. The summed E-state index contributed by atoms with van der Waals surface area (Å²) in [5.41, 5.74) is -0.149. The van der Waals surface area contributed by atoms with Crippen LogP contribution in [0, 0.1) is 17.3 Å². The lowest BCUT2D eigenvalue weighted by atomic mass is 9.75. The molecule has 4 heteroatoms. The molecule has 2 N–H and O–H groups in total. The summed E-state index contributed by atoms with van der Waals surface area (Å²) >= 11 is 0. The quantitative estimate of drug-likeness (QED) is 0.834. The van der Waals surface area contributed by atoms with Crippen LogP contribution in [-0.4, -0.2) is 31.3 Å². The Morgan fingerprint density at radius 2 is 1.76 bits per heavy atom. The normalized spacial score (nSPS) is 19.1. The van der Waals surface area contributed by atoms with Crippen molar-refractivity contribution in [2.24, 2.45) is 17.3 Å². The molecule has 1 atom stereocenters. The average Bonchev–Trinajstić information content (AvgIpc) is 2.32. The van der Waals surface area contributed by atoms with Crippen LogP contribution in [0.15, 0.2) is 0 Å². The average molecular weight is 298 g/mol. The Hall–Kier alpha value is -0.770. The zero-order valence-electron chi connectivity index (χ0n) is 14.7. The maximum absolute atomic E-state index is 11.9. The molecule has 21 heavy (non-hydrogen) atoms. The fourth-order valence-electron chi connectivity index (χ4n) is 3.04. The summed E-state index contributed by atoms with van der Waals surface area (Å²) in [7, 11) is 0. The molecule has 1 saturated heterocycles. The van der Waals surface area contributed by atoms with Gasteiger partial charge in [0.15, 0.2) is 0 Å². The van der Waals surface area contributed by atoms with Crippen LogP contribution >= 0.6 is 0 Å². The predicted octanol–water partition coefficient (Wildman–Crippen LogP) is 3.56. The van der Waals surface area contributed by atoms with Crippen molar-refractivity contribution in [2.75, 3.05) is 19.6 Å². The highest BCUT2D eigenvalue weighted by atomic mass is 16.6. The first-order chi connectivity index (χ1) is 9.57. The molecule has 1 amide bonds. The molecule has 0 spiro atoms. The van der Waals surface area contributed by atoms with Crippen molar-refractivity contribution in [1.82, 2.24) is 10.6 Å². The Morgan fingerprint density at radius 3 is 2.24 bits per heavy atom. The smallest absolute Gasteiger partial charge is 0.407 e.